The zero-order valence-corrected chi connectivity index (χ0v) is 19.6. The zero-order valence-electron chi connectivity index (χ0n) is 16.4. The smallest absolute Gasteiger partial charge is 0.387 e. The first-order valence-electron chi connectivity index (χ1n) is 9.31. The van der Waals surface area contributed by atoms with Crippen molar-refractivity contribution in [3.05, 3.63) is 45.4 Å². The third kappa shape index (κ3) is 5.25. The maximum absolute atomic E-state index is 10.9. The highest BCUT2D eigenvalue weighted by Gasteiger charge is 2.45. The molecule has 16 heteroatoms. The summed E-state index contributed by atoms with van der Waals surface area (Å²) in [6.07, 6.45) is -2.62. The van der Waals surface area contributed by atoms with Crippen molar-refractivity contribution in [2.75, 3.05) is 11.9 Å². The van der Waals surface area contributed by atoms with Gasteiger partial charge in [-0.15, -0.1) is 0 Å². The summed E-state index contributed by atoms with van der Waals surface area (Å²) >= 11 is 18.2. The molecule has 3 heterocycles. The van der Waals surface area contributed by atoms with Gasteiger partial charge in [0.05, 0.1) is 23.0 Å². The molecular formula is C17H17Cl3N5O7P. The summed E-state index contributed by atoms with van der Waals surface area (Å²) in [5, 5.41) is 24.8. The van der Waals surface area contributed by atoms with Crippen LogP contribution in [0.15, 0.2) is 24.8 Å². The van der Waals surface area contributed by atoms with E-state index in [2.05, 4.69) is 24.8 Å². The minimum absolute atomic E-state index is 0.248. The molecule has 0 amide bonds. The summed E-state index contributed by atoms with van der Waals surface area (Å²) in [4.78, 5) is 30.3. The Balaban J connectivity index is 1.55. The number of ether oxygens (including phenoxy) is 1. The topological polar surface area (TPSA) is 172 Å². The van der Waals surface area contributed by atoms with Crippen LogP contribution in [0.5, 0.6) is 0 Å². The van der Waals surface area contributed by atoms with Crippen LogP contribution in [0.3, 0.4) is 0 Å². The molecule has 178 valence electrons. The van der Waals surface area contributed by atoms with Gasteiger partial charge in [0.15, 0.2) is 23.2 Å². The highest BCUT2D eigenvalue weighted by molar-refractivity contribution is 7.46. The Kier molecular flexibility index (Phi) is 7.13. The molecule has 0 aliphatic carbocycles. The van der Waals surface area contributed by atoms with Crippen molar-refractivity contribution in [2.45, 2.75) is 31.1 Å². The van der Waals surface area contributed by atoms with Gasteiger partial charge in [0.1, 0.15) is 24.6 Å². The van der Waals surface area contributed by atoms with Crippen LogP contribution < -0.4 is 5.32 Å². The Morgan fingerprint density at radius 2 is 1.82 bits per heavy atom. The van der Waals surface area contributed by atoms with Crippen LogP contribution in [0.2, 0.25) is 15.1 Å². The third-order valence-corrected chi connectivity index (χ3v) is 6.47. The first-order valence-corrected chi connectivity index (χ1v) is 12.0. The number of aromatic nitrogens is 4. The van der Waals surface area contributed by atoms with E-state index < -0.39 is 39.0 Å². The van der Waals surface area contributed by atoms with Crippen LogP contribution in [0.4, 0.5) is 5.82 Å². The number of benzene rings is 1. The van der Waals surface area contributed by atoms with E-state index in [-0.39, 0.29) is 12.2 Å². The third-order valence-electron chi connectivity index (χ3n) is 4.91. The number of imidazole rings is 1. The van der Waals surface area contributed by atoms with Gasteiger partial charge in [-0.3, -0.25) is 9.09 Å². The van der Waals surface area contributed by atoms with E-state index >= 15 is 0 Å². The number of rotatable bonds is 7. The Bertz CT molecular complexity index is 1230. The van der Waals surface area contributed by atoms with Gasteiger partial charge in [0.25, 0.3) is 0 Å². The quantitative estimate of drug-likeness (QED) is 0.219. The molecule has 1 aliphatic rings. The predicted octanol–water partition coefficient (Wildman–Crippen LogP) is 2.13. The fourth-order valence-electron chi connectivity index (χ4n) is 3.31. The largest absolute Gasteiger partial charge is 0.469 e. The highest BCUT2D eigenvalue weighted by Crippen LogP contribution is 2.39. The molecule has 1 fully saturated rings. The molecule has 5 N–H and O–H groups in total. The molecule has 0 radical (unpaired) electrons. The number of phosphoric ester groups is 1. The molecule has 33 heavy (non-hydrogen) atoms. The van der Waals surface area contributed by atoms with Crippen LogP contribution in [0, 0.1) is 0 Å². The number of fused-ring (bicyclic) bond motifs is 1. The molecule has 2 aromatic heterocycles. The van der Waals surface area contributed by atoms with E-state index in [1.165, 1.54) is 23.3 Å². The van der Waals surface area contributed by atoms with E-state index in [0.29, 0.717) is 32.0 Å². The summed E-state index contributed by atoms with van der Waals surface area (Å²) in [6, 6.07) is 3.16. The van der Waals surface area contributed by atoms with E-state index in [0.717, 1.165) is 0 Å². The molecule has 3 aromatic rings. The Labute approximate surface area is 201 Å². The predicted molar refractivity (Wildman–Crippen MR) is 118 cm³/mol. The number of hydrogen-bond donors (Lipinski definition) is 5. The van der Waals surface area contributed by atoms with Crippen LogP contribution in [0.1, 0.15) is 11.8 Å². The van der Waals surface area contributed by atoms with Crippen molar-refractivity contribution in [3.63, 3.8) is 0 Å². The van der Waals surface area contributed by atoms with Crippen molar-refractivity contribution < 1.29 is 33.8 Å². The van der Waals surface area contributed by atoms with Gasteiger partial charge in [0.2, 0.25) is 0 Å². The molecule has 4 atom stereocenters. The lowest BCUT2D eigenvalue weighted by Crippen LogP contribution is -2.33. The second-order valence-electron chi connectivity index (χ2n) is 7.09. The van der Waals surface area contributed by atoms with E-state index in [9.17, 15) is 14.8 Å². The van der Waals surface area contributed by atoms with E-state index in [4.69, 9.17) is 49.3 Å². The summed E-state index contributed by atoms with van der Waals surface area (Å²) in [5.41, 5.74) is 1.29. The van der Waals surface area contributed by atoms with Gasteiger partial charge in [0, 0.05) is 11.6 Å². The Morgan fingerprint density at radius 1 is 1.09 bits per heavy atom. The lowest BCUT2D eigenvalue weighted by atomic mass is 10.1. The van der Waals surface area contributed by atoms with Gasteiger partial charge in [-0.05, 0) is 17.7 Å². The molecule has 0 unspecified atom stereocenters. The van der Waals surface area contributed by atoms with Crippen molar-refractivity contribution in [1.82, 2.24) is 19.5 Å². The Morgan fingerprint density at radius 3 is 2.55 bits per heavy atom. The van der Waals surface area contributed by atoms with Crippen LogP contribution in [0.25, 0.3) is 11.2 Å². The monoisotopic (exact) mass is 539 g/mol. The first-order chi connectivity index (χ1) is 15.5. The standard InChI is InChI=1S/C17H17Cl3N5O7P/c18-8-2-10(20)9(19)1-7(8)3-21-15-12-16(23-5-22-15)25(6-24-12)17-14(27)13(26)11(32-17)4-31-33(28,29)30/h1-2,5-6,11,13-14,17,26-27H,3-4H2,(H,21,22,23)(H2,28,29,30)/t11-,13-,14-,17-/m1/s1. The maximum atomic E-state index is 10.9. The van der Waals surface area contributed by atoms with Gasteiger partial charge in [-0.2, -0.15) is 0 Å². The van der Waals surface area contributed by atoms with Crippen molar-refractivity contribution in [2.24, 2.45) is 0 Å². The first kappa shape index (κ1) is 24.6. The summed E-state index contributed by atoms with van der Waals surface area (Å²) < 4.78 is 22.3. The molecule has 0 bridgehead atoms. The number of anilines is 1. The lowest BCUT2D eigenvalue weighted by molar-refractivity contribution is -0.0504. The number of halogens is 3. The zero-order chi connectivity index (χ0) is 23.9. The van der Waals surface area contributed by atoms with Gasteiger partial charge in [-0.25, -0.2) is 19.5 Å². The minimum Gasteiger partial charge on any atom is -0.387 e. The van der Waals surface area contributed by atoms with Crippen molar-refractivity contribution >= 4 is 59.6 Å². The molecule has 0 spiro atoms. The van der Waals surface area contributed by atoms with Crippen LogP contribution >= 0.6 is 42.6 Å². The number of nitrogens with zero attached hydrogens (tertiary/aromatic N) is 4. The van der Waals surface area contributed by atoms with Gasteiger partial charge >= 0.3 is 7.82 Å². The number of aliphatic hydroxyl groups is 2. The summed E-state index contributed by atoms with van der Waals surface area (Å²) in [7, 11) is -4.78. The molecule has 1 aliphatic heterocycles. The van der Waals surface area contributed by atoms with Crippen molar-refractivity contribution in [3.8, 4) is 0 Å². The molecule has 1 aromatic carbocycles. The van der Waals surface area contributed by atoms with E-state index in [1.54, 1.807) is 6.07 Å². The normalized spacial score (nSPS) is 23.4. The van der Waals surface area contributed by atoms with Crippen molar-refractivity contribution in [1.29, 1.82) is 0 Å². The average Bonchev–Trinajstić information content (AvgIpc) is 3.29. The molecule has 0 saturated carbocycles. The maximum Gasteiger partial charge on any atom is 0.469 e. The number of phosphoric acid groups is 1. The molecule has 1 saturated heterocycles. The lowest BCUT2D eigenvalue weighted by Gasteiger charge is -2.16. The van der Waals surface area contributed by atoms with Crippen LogP contribution in [-0.2, 0) is 20.4 Å². The average molecular weight is 541 g/mol. The van der Waals surface area contributed by atoms with Crippen LogP contribution in [-0.4, -0.2) is 64.4 Å². The second kappa shape index (κ2) is 9.59. The van der Waals surface area contributed by atoms with E-state index in [1.807, 2.05) is 0 Å². The van der Waals surface area contributed by atoms with Gasteiger partial charge in [-0.1, -0.05) is 34.8 Å². The second-order valence-corrected chi connectivity index (χ2v) is 9.55. The SMILES string of the molecule is O=P(O)(O)OC[C@H]1O[C@@H](n2cnc3c(NCc4cc(Cl)c(Cl)cc4Cl)ncnc32)[C@H](O)[C@@H]1O. The molecule has 12 nitrogen and oxygen atoms in total. The number of hydrogen-bond acceptors (Lipinski definition) is 9. The molecular weight excluding hydrogens is 524 g/mol. The highest BCUT2D eigenvalue weighted by atomic mass is 35.5. The fraction of sp³-hybridized carbons (Fsp3) is 0.353. The number of nitrogens with one attached hydrogen (secondary N) is 1. The van der Waals surface area contributed by atoms with Gasteiger partial charge < -0.3 is 30.1 Å². The summed E-state index contributed by atoms with van der Waals surface area (Å²) in [5.74, 6) is 0.357. The minimum atomic E-state index is -4.78. The fourth-order valence-corrected chi connectivity index (χ4v) is 4.29. The Hall–Kier alpha value is -1.57. The number of aliphatic hydroxyl groups excluding tert-OH is 2. The molecule has 4 rings (SSSR count). The summed E-state index contributed by atoms with van der Waals surface area (Å²) in [6.45, 7) is -0.379.